The Balaban J connectivity index is 1.51. The molecule has 2 fully saturated rings. The average molecular weight is 279 g/mol. The van der Waals surface area contributed by atoms with E-state index in [0.717, 1.165) is 50.2 Å². The second-order valence-corrected chi connectivity index (χ2v) is 6.18. The zero-order valence-electron chi connectivity index (χ0n) is 12.3. The summed E-state index contributed by atoms with van der Waals surface area (Å²) in [6.45, 7) is 4.67. The van der Waals surface area contributed by atoms with E-state index in [2.05, 4.69) is 22.4 Å². The Kier molecular flexibility index (Phi) is 4.68. The Bertz CT molecular complexity index is 415. The van der Waals surface area contributed by atoms with Gasteiger partial charge in [-0.15, -0.1) is 0 Å². The molecule has 0 spiro atoms. The minimum absolute atomic E-state index is 0.388. The van der Waals surface area contributed by atoms with Crippen LogP contribution in [0, 0.1) is 5.92 Å². The summed E-state index contributed by atoms with van der Waals surface area (Å²) in [6, 6.07) is 0.605. The molecule has 1 aromatic rings. The summed E-state index contributed by atoms with van der Waals surface area (Å²) >= 11 is 0. The van der Waals surface area contributed by atoms with Gasteiger partial charge in [0.1, 0.15) is 0 Å². The third kappa shape index (κ3) is 3.38. The van der Waals surface area contributed by atoms with Crippen LogP contribution in [0.5, 0.6) is 0 Å². The molecule has 2 atom stereocenters. The van der Waals surface area contributed by atoms with Gasteiger partial charge < -0.3 is 14.6 Å². The van der Waals surface area contributed by atoms with Gasteiger partial charge in [-0.3, -0.25) is 0 Å². The van der Waals surface area contributed by atoms with E-state index in [-0.39, 0.29) is 0 Å². The summed E-state index contributed by atoms with van der Waals surface area (Å²) < 4.78 is 10.8. The van der Waals surface area contributed by atoms with Gasteiger partial charge in [-0.05, 0) is 31.6 Å². The topological polar surface area (TPSA) is 60.2 Å². The minimum atomic E-state index is 0.388. The first-order valence-electron chi connectivity index (χ1n) is 7.96. The third-order valence-corrected chi connectivity index (χ3v) is 4.69. The number of hydrogen-bond acceptors (Lipinski definition) is 5. The number of nitrogens with one attached hydrogen (secondary N) is 1. The molecule has 5 heteroatoms. The molecule has 1 N–H and O–H groups in total. The van der Waals surface area contributed by atoms with Gasteiger partial charge in [-0.25, -0.2) is 0 Å². The average Bonchev–Trinajstić information content (AvgIpc) is 2.96. The lowest BCUT2D eigenvalue weighted by molar-refractivity contribution is 0.0778. The van der Waals surface area contributed by atoms with Crippen molar-refractivity contribution in [3.05, 3.63) is 11.7 Å². The molecule has 112 valence electrons. The molecule has 5 nitrogen and oxygen atoms in total. The van der Waals surface area contributed by atoms with Crippen molar-refractivity contribution in [2.45, 2.75) is 64.0 Å². The summed E-state index contributed by atoms with van der Waals surface area (Å²) in [5.41, 5.74) is 0. The van der Waals surface area contributed by atoms with Crippen molar-refractivity contribution >= 4 is 0 Å². The Morgan fingerprint density at radius 1 is 1.15 bits per heavy atom. The van der Waals surface area contributed by atoms with Gasteiger partial charge >= 0.3 is 0 Å². The van der Waals surface area contributed by atoms with E-state index in [0.29, 0.717) is 12.0 Å². The van der Waals surface area contributed by atoms with E-state index in [1.165, 1.54) is 25.7 Å². The summed E-state index contributed by atoms with van der Waals surface area (Å²) in [5.74, 6) is 2.73. The number of hydrogen-bond donors (Lipinski definition) is 1. The Labute approximate surface area is 120 Å². The van der Waals surface area contributed by atoms with E-state index in [4.69, 9.17) is 9.26 Å². The van der Waals surface area contributed by atoms with Gasteiger partial charge in [-0.2, -0.15) is 4.98 Å². The lowest BCUT2D eigenvalue weighted by Gasteiger charge is -2.29. The Hall–Kier alpha value is -0.940. The zero-order chi connectivity index (χ0) is 13.8. The third-order valence-electron chi connectivity index (χ3n) is 4.69. The highest BCUT2D eigenvalue weighted by Crippen LogP contribution is 2.26. The second-order valence-electron chi connectivity index (χ2n) is 6.18. The second kappa shape index (κ2) is 6.68. The molecule has 3 rings (SSSR count). The van der Waals surface area contributed by atoms with Gasteiger partial charge in [0.25, 0.3) is 0 Å². The van der Waals surface area contributed by atoms with Crippen molar-refractivity contribution in [3.8, 4) is 0 Å². The molecule has 1 saturated carbocycles. The minimum Gasteiger partial charge on any atom is -0.381 e. The van der Waals surface area contributed by atoms with Crippen LogP contribution in [0.3, 0.4) is 0 Å². The van der Waals surface area contributed by atoms with Gasteiger partial charge in [0, 0.05) is 25.2 Å². The number of nitrogens with zero attached hydrogens (tertiary/aromatic N) is 2. The smallest absolute Gasteiger partial charge is 0.229 e. The molecule has 2 heterocycles. The van der Waals surface area contributed by atoms with Crippen molar-refractivity contribution < 1.29 is 9.26 Å². The number of rotatable bonds is 4. The molecule has 0 radical (unpaired) electrons. The van der Waals surface area contributed by atoms with Gasteiger partial charge in [-0.1, -0.05) is 24.9 Å². The highest BCUT2D eigenvalue weighted by Gasteiger charge is 2.23. The van der Waals surface area contributed by atoms with E-state index in [1.54, 1.807) is 0 Å². The first-order chi connectivity index (χ1) is 9.83. The van der Waals surface area contributed by atoms with Crippen LogP contribution < -0.4 is 5.32 Å². The maximum absolute atomic E-state index is 5.41. The summed E-state index contributed by atoms with van der Waals surface area (Å²) in [5, 5.41) is 7.71. The lowest BCUT2D eigenvalue weighted by atomic mass is 9.86. The molecule has 1 saturated heterocycles. The van der Waals surface area contributed by atoms with Crippen LogP contribution in [0.2, 0.25) is 0 Å². The van der Waals surface area contributed by atoms with Crippen LogP contribution >= 0.6 is 0 Å². The number of aromatic nitrogens is 2. The number of ether oxygens (including phenoxy) is 1. The monoisotopic (exact) mass is 279 g/mol. The van der Waals surface area contributed by atoms with Gasteiger partial charge in [0.05, 0.1) is 6.54 Å². The fraction of sp³-hybridized carbons (Fsp3) is 0.867. The van der Waals surface area contributed by atoms with Crippen LogP contribution in [0.15, 0.2) is 4.52 Å². The molecule has 0 bridgehead atoms. The quantitative estimate of drug-likeness (QED) is 0.918. The summed E-state index contributed by atoms with van der Waals surface area (Å²) in [6.07, 6.45) is 7.30. The highest BCUT2D eigenvalue weighted by molar-refractivity contribution is 4.95. The summed E-state index contributed by atoms with van der Waals surface area (Å²) in [7, 11) is 0. The van der Waals surface area contributed by atoms with Crippen molar-refractivity contribution in [2.24, 2.45) is 5.92 Å². The predicted octanol–water partition coefficient (Wildman–Crippen LogP) is 2.63. The molecule has 1 aliphatic carbocycles. The van der Waals surface area contributed by atoms with E-state index in [9.17, 15) is 0 Å². The van der Waals surface area contributed by atoms with Crippen molar-refractivity contribution in [2.75, 3.05) is 13.2 Å². The first-order valence-corrected chi connectivity index (χ1v) is 7.96. The highest BCUT2D eigenvalue weighted by atomic mass is 16.5. The van der Waals surface area contributed by atoms with Gasteiger partial charge in [0.15, 0.2) is 5.82 Å². The molecular weight excluding hydrogens is 254 g/mol. The largest absolute Gasteiger partial charge is 0.381 e. The Morgan fingerprint density at radius 3 is 2.75 bits per heavy atom. The molecule has 20 heavy (non-hydrogen) atoms. The van der Waals surface area contributed by atoms with Crippen molar-refractivity contribution in [1.29, 1.82) is 0 Å². The van der Waals surface area contributed by atoms with E-state index < -0.39 is 0 Å². The van der Waals surface area contributed by atoms with Crippen LogP contribution in [-0.4, -0.2) is 29.4 Å². The fourth-order valence-corrected chi connectivity index (χ4v) is 3.29. The molecule has 1 aromatic heterocycles. The molecule has 0 aromatic carbocycles. The molecule has 1 aliphatic heterocycles. The first kappa shape index (κ1) is 14.0. The maximum Gasteiger partial charge on any atom is 0.229 e. The van der Waals surface area contributed by atoms with Crippen LogP contribution in [0.4, 0.5) is 0 Å². The molecule has 2 aliphatic rings. The maximum atomic E-state index is 5.41. The summed E-state index contributed by atoms with van der Waals surface area (Å²) in [4.78, 5) is 4.55. The van der Waals surface area contributed by atoms with Crippen molar-refractivity contribution in [3.63, 3.8) is 0 Å². The Morgan fingerprint density at radius 2 is 1.95 bits per heavy atom. The molecule has 0 unspecified atom stereocenters. The molecule has 0 amide bonds. The van der Waals surface area contributed by atoms with Crippen LogP contribution in [0.25, 0.3) is 0 Å². The SMILES string of the molecule is C[C@@H]1CCCC[C@H]1NCc1noc(C2CCOCC2)n1. The van der Waals surface area contributed by atoms with Crippen LogP contribution in [0.1, 0.15) is 63.1 Å². The van der Waals surface area contributed by atoms with Gasteiger partial charge in [0.2, 0.25) is 5.89 Å². The fourth-order valence-electron chi connectivity index (χ4n) is 3.29. The van der Waals surface area contributed by atoms with Crippen LogP contribution in [-0.2, 0) is 11.3 Å². The zero-order valence-corrected chi connectivity index (χ0v) is 12.3. The van der Waals surface area contributed by atoms with E-state index >= 15 is 0 Å². The predicted molar refractivity (Wildman–Crippen MR) is 75.4 cm³/mol. The lowest BCUT2D eigenvalue weighted by Crippen LogP contribution is -2.36. The van der Waals surface area contributed by atoms with Crippen molar-refractivity contribution in [1.82, 2.24) is 15.5 Å². The standard InChI is InChI=1S/C15H25N3O2/c1-11-4-2-3-5-13(11)16-10-14-17-15(20-18-14)12-6-8-19-9-7-12/h11-13,16H,2-10H2,1H3/t11-,13-/m1/s1. The van der Waals surface area contributed by atoms with E-state index in [1.807, 2.05) is 0 Å². The molecular formula is C15H25N3O2. The normalized spacial score (nSPS) is 28.6.